The zero-order valence-electron chi connectivity index (χ0n) is 10.3. The van der Waals surface area contributed by atoms with Crippen LogP contribution in [0.1, 0.15) is 24.4 Å². The molecule has 1 saturated carbocycles. The summed E-state index contributed by atoms with van der Waals surface area (Å²) in [5.41, 5.74) is 6.50. The molecule has 0 heterocycles. The van der Waals surface area contributed by atoms with Gasteiger partial charge in [0.05, 0.1) is 18.8 Å². The lowest BCUT2D eigenvalue weighted by atomic mass is 10.1. The molecule has 2 N–H and O–H groups in total. The fourth-order valence-electron chi connectivity index (χ4n) is 1.59. The average molecular weight is 275 g/mol. The number of benzene rings is 1. The van der Waals surface area contributed by atoms with Crippen LogP contribution in [0.2, 0.25) is 0 Å². The van der Waals surface area contributed by atoms with Crippen LogP contribution in [0.25, 0.3) is 0 Å². The largest absolute Gasteiger partial charge is 0.490 e. The molecule has 1 fully saturated rings. The molecule has 0 amide bonds. The first-order chi connectivity index (χ1) is 8.94. The van der Waals surface area contributed by atoms with Gasteiger partial charge in [0.25, 0.3) is 0 Å². The summed E-state index contributed by atoms with van der Waals surface area (Å²) in [6.07, 6.45) is -1.96. The molecule has 0 aromatic heterocycles. The molecule has 1 unspecified atom stereocenters. The number of ether oxygens (including phenoxy) is 2. The maximum absolute atomic E-state index is 11.9. The Labute approximate surface area is 109 Å². The highest BCUT2D eigenvalue weighted by molar-refractivity contribution is 5.31. The van der Waals surface area contributed by atoms with Crippen LogP contribution in [0, 0.1) is 0 Å². The summed E-state index contributed by atoms with van der Waals surface area (Å²) < 4.78 is 46.0. The molecule has 106 valence electrons. The van der Waals surface area contributed by atoms with Crippen LogP contribution >= 0.6 is 0 Å². The van der Waals surface area contributed by atoms with Crippen LogP contribution in [0.4, 0.5) is 13.2 Å². The molecule has 0 saturated heterocycles. The summed E-state index contributed by atoms with van der Waals surface area (Å²) in [7, 11) is 0. The maximum atomic E-state index is 11.9. The third-order valence-corrected chi connectivity index (χ3v) is 2.68. The van der Waals surface area contributed by atoms with E-state index >= 15 is 0 Å². The number of alkyl halides is 3. The van der Waals surface area contributed by atoms with Crippen LogP contribution in [-0.4, -0.2) is 25.5 Å². The molecular weight excluding hydrogens is 259 g/mol. The van der Waals surface area contributed by atoms with Gasteiger partial charge in [-0.05, 0) is 30.5 Å². The van der Waals surface area contributed by atoms with Gasteiger partial charge in [-0.3, -0.25) is 0 Å². The second kappa shape index (κ2) is 5.79. The Morgan fingerprint density at radius 2 is 2.05 bits per heavy atom. The van der Waals surface area contributed by atoms with Crippen molar-refractivity contribution in [1.29, 1.82) is 0 Å². The van der Waals surface area contributed by atoms with E-state index in [0.717, 1.165) is 12.8 Å². The monoisotopic (exact) mass is 275 g/mol. The molecule has 1 aliphatic carbocycles. The molecule has 0 aliphatic heterocycles. The molecule has 3 nitrogen and oxygen atoms in total. The standard InChI is InChI=1S/C13H16F3NO2/c14-13(15,16)8-18-7-12(17)9-2-1-3-11(6-9)19-10-4-5-10/h1-3,6,10,12H,4-5,7-8,17H2. The van der Waals surface area contributed by atoms with Crippen LogP contribution in [0.3, 0.4) is 0 Å². The molecule has 2 rings (SSSR count). The summed E-state index contributed by atoms with van der Waals surface area (Å²) >= 11 is 0. The van der Waals surface area contributed by atoms with E-state index in [9.17, 15) is 13.2 Å². The van der Waals surface area contributed by atoms with Gasteiger partial charge in [0, 0.05) is 0 Å². The minimum atomic E-state index is -4.32. The Kier molecular flexibility index (Phi) is 4.31. The van der Waals surface area contributed by atoms with Crippen molar-refractivity contribution >= 4 is 0 Å². The van der Waals surface area contributed by atoms with E-state index in [-0.39, 0.29) is 12.7 Å². The third kappa shape index (κ3) is 5.08. The molecule has 0 spiro atoms. The van der Waals surface area contributed by atoms with Crippen LogP contribution in [0.15, 0.2) is 24.3 Å². The van der Waals surface area contributed by atoms with Gasteiger partial charge in [0.1, 0.15) is 12.4 Å². The highest BCUT2D eigenvalue weighted by Crippen LogP contribution is 2.28. The lowest BCUT2D eigenvalue weighted by Gasteiger charge is -2.15. The Morgan fingerprint density at radius 3 is 2.68 bits per heavy atom. The van der Waals surface area contributed by atoms with Crippen molar-refractivity contribution in [3.8, 4) is 5.75 Å². The van der Waals surface area contributed by atoms with Crippen LogP contribution in [-0.2, 0) is 4.74 Å². The predicted molar refractivity (Wildman–Crippen MR) is 63.9 cm³/mol. The molecule has 1 atom stereocenters. The van der Waals surface area contributed by atoms with Gasteiger partial charge in [-0.25, -0.2) is 0 Å². The average Bonchev–Trinajstić information content (AvgIpc) is 3.11. The summed E-state index contributed by atoms with van der Waals surface area (Å²) in [5, 5.41) is 0. The van der Waals surface area contributed by atoms with Crippen molar-refractivity contribution in [2.24, 2.45) is 5.73 Å². The van der Waals surface area contributed by atoms with E-state index in [1.165, 1.54) is 0 Å². The number of halogens is 3. The molecule has 0 radical (unpaired) electrons. The lowest BCUT2D eigenvalue weighted by molar-refractivity contribution is -0.174. The van der Waals surface area contributed by atoms with Crippen LogP contribution in [0.5, 0.6) is 5.75 Å². The first kappa shape index (κ1) is 14.1. The minimum absolute atomic E-state index is 0.174. The van der Waals surface area contributed by atoms with E-state index in [1.807, 2.05) is 6.07 Å². The second-order valence-electron chi connectivity index (χ2n) is 4.63. The number of hydrogen-bond donors (Lipinski definition) is 1. The smallest absolute Gasteiger partial charge is 0.411 e. The normalized spacial score (nSPS) is 17.3. The van der Waals surface area contributed by atoms with Crippen molar-refractivity contribution in [2.45, 2.75) is 31.2 Å². The van der Waals surface area contributed by atoms with E-state index < -0.39 is 18.8 Å². The van der Waals surface area contributed by atoms with Crippen molar-refractivity contribution in [3.63, 3.8) is 0 Å². The van der Waals surface area contributed by atoms with E-state index in [2.05, 4.69) is 4.74 Å². The van der Waals surface area contributed by atoms with Gasteiger partial charge in [-0.2, -0.15) is 13.2 Å². The lowest BCUT2D eigenvalue weighted by Crippen LogP contribution is -2.23. The Balaban J connectivity index is 1.85. The number of nitrogens with two attached hydrogens (primary N) is 1. The molecule has 6 heteroatoms. The van der Waals surface area contributed by atoms with Gasteiger partial charge >= 0.3 is 6.18 Å². The maximum Gasteiger partial charge on any atom is 0.411 e. The molecule has 19 heavy (non-hydrogen) atoms. The minimum Gasteiger partial charge on any atom is -0.490 e. The van der Waals surface area contributed by atoms with Crippen molar-refractivity contribution in [3.05, 3.63) is 29.8 Å². The quantitative estimate of drug-likeness (QED) is 0.868. The Hall–Kier alpha value is -1.27. The first-order valence-corrected chi connectivity index (χ1v) is 6.11. The summed E-state index contributed by atoms with van der Waals surface area (Å²) in [6.45, 7) is -1.45. The van der Waals surface area contributed by atoms with E-state index in [1.54, 1.807) is 18.2 Å². The zero-order chi connectivity index (χ0) is 13.9. The van der Waals surface area contributed by atoms with Crippen molar-refractivity contribution in [2.75, 3.05) is 13.2 Å². The second-order valence-corrected chi connectivity index (χ2v) is 4.63. The first-order valence-electron chi connectivity index (χ1n) is 6.11. The molecular formula is C13H16F3NO2. The predicted octanol–water partition coefficient (Wildman–Crippen LogP) is 2.81. The number of rotatable bonds is 6. The summed E-state index contributed by atoms with van der Waals surface area (Å²) in [5.74, 6) is 0.700. The van der Waals surface area contributed by atoms with Gasteiger partial charge in [0.2, 0.25) is 0 Å². The fraction of sp³-hybridized carbons (Fsp3) is 0.538. The molecule has 1 aliphatic rings. The van der Waals surface area contributed by atoms with Crippen LogP contribution < -0.4 is 10.5 Å². The van der Waals surface area contributed by atoms with Crippen molar-refractivity contribution < 1.29 is 22.6 Å². The van der Waals surface area contributed by atoms with Crippen molar-refractivity contribution in [1.82, 2.24) is 0 Å². The molecule has 1 aromatic carbocycles. The highest BCUT2D eigenvalue weighted by atomic mass is 19.4. The van der Waals surface area contributed by atoms with Gasteiger partial charge in [-0.1, -0.05) is 12.1 Å². The fourth-order valence-corrected chi connectivity index (χ4v) is 1.59. The summed E-state index contributed by atoms with van der Waals surface area (Å²) in [6, 6.07) is 6.49. The third-order valence-electron chi connectivity index (χ3n) is 2.68. The van der Waals surface area contributed by atoms with Gasteiger partial charge in [0.15, 0.2) is 0 Å². The summed E-state index contributed by atoms with van der Waals surface area (Å²) in [4.78, 5) is 0. The Bertz CT molecular complexity index is 419. The zero-order valence-corrected chi connectivity index (χ0v) is 10.3. The Morgan fingerprint density at radius 1 is 1.32 bits per heavy atom. The molecule has 0 bridgehead atoms. The van der Waals surface area contributed by atoms with E-state index in [0.29, 0.717) is 11.3 Å². The van der Waals surface area contributed by atoms with Gasteiger partial charge in [-0.15, -0.1) is 0 Å². The van der Waals surface area contributed by atoms with E-state index in [4.69, 9.17) is 10.5 Å². The highest BCUT2D eigenvalue weighted by Gasteiger charge is 2.28. The topological polar surface area (TPSA) is 44.5 Å². The SMILES string of the molecule is NC(COCC(F)(F)F)c1cccc(OC2CC2)c1. The van der Waals surface area contributed by atoms with Gasteiger partial charge < -0.3 is 15.2 Å². The molecule has 1 aromatic rings. The number of hydrogen-bond acceptors (Lipinski definition) is 3.